The third-order valence-electron chi connectivity index (χ3n) is 5.04. The normalized spacial score (nSPS) is 11.6. The Morgan fingerprint density at radius 1 is 1.12 bits per heavy atom. The number of aromatic nitrogens is 2. The molecule has 0 fully saturated rings. The van der Waals surface area contributed by atoms with E-state index in [0.717, 1.165) is 20.6 Å². The zero-order valence-electron chi connectivity index (χ0n) is 17.0. The van der Waals surface area contributed by atoms with Gasteiger partial charge in [0.05, 0.1) is 26.5 Å². The quantitative estimate of drug-likeness (QED) is 0.161. The van der Waals surface area contributed by atoms with Crippen LogP contribution in [0.5, 0.6) is 5.75 Å². The van der Waals surface area contributed by atoms with E-state index in [1.807, 2.05) is 12.1 Å². The fourth-order valence-electron chi connectivity index (χ4n) is 3.46. The van der Waals surface area contributed by atoms with Gasteiger partial charge >= 0.3 is 5.69 Å². The van der Waals surface area contributed by atoms with Gasteiger partial charge in [0.2, 0.25) is 11.6 Å². The molecule has 3 aromatic carbocycles. The minimum Gasteiger partial charge on any atom is -0.501 e. The number of halogens is 2. The maximum absolute atomic E-state index is 13.3. The van der Waals surface area contributed by atoms with Crippen LogP contribution in [0.25, 0.3) is 33.5 Å². The maximum atomic E-state index is 13.3. The lowest BCUT2D eigenvalue weighted by Crippen LogP contribution is -2.20. The fraction of sp³-hybridized carbons (Fsp3) is 0. The summed E-state index contributed by atoms with van der Waals surface area (Å²) in [7, 11) is 0. The molecular weight excluding hydrogens is 572 g/mol. The van der Waals surface area contributed by atoms with E-state index in [4.69, 9.17) is 4.42 Å². The van der Waals surface area contributed by atoms with Gasteiger partial charge in [0.25, 0.3) is 5.56 Å². The van der Waals surface area contributed by atoms with Crippen molar-refractivity contribution in [2.45, 2.75) is 0 Å². The van der Waals surface area contributed by atoms with Crippen molar-refractivity contribution in [1.82, 2.24) is 9.66 Å². The monoisotopic (exact) mass is 582 g/mol. The highest BCUT2D eigenvalue weighted by molar-refractivity contribution is 9.10. The predicted molar refractivity (Wildman–Crippen MR) is 134 cm³/mol. The number of furan rings is 1. The molecule has 0 saturated carbocycles. The van der Waals surface area contributed by atoms with Crippen LogP contribution in [0.1, 0.15) is 5.56 Å². The van der Waals surface area contributed by atoms with Crippen molar-refractivity contribution in [3.05, 3.63) is 95.6 Å². The molecule has 0 aliphatic carbocycles. The molecule has 0 spiro atoms. The van der Waals surface area contributed by atoms with Gasteiger partial charge in [-0.2, -0.15) is 9.78 Å². The molecule has 5 rings (SSSR count). The Hall–Kier alpha value is -3.83. The first-order valence-corrected chi connectivity index (χ1v) is 11.3. The SMILES string of the molecule is O=c1c2ccccc2nc(-c2cc3cc(Br)ccc3o2)n1N=Cc1cc(Br)c(O)c([N+](=O)[O-])c1. The lowest BCUT2D eigenvalue weighted by atomic mass is 10.2. The average molecular weight is 584 g/mol. The van der Waals surface area contributed by atoms with Crippen LogP contribution in [0, 0.1) is 10.1 Å². The summed E-state index contributed by atoms with van der Waals surface area (Å²) < 4.78 is 8.02. The van der Waals surface area contributed by atoms with Crippen LogP contribution in [0.2, 0.25) is 0 Å². The molecule has 2 aromatic heterocycles. The van der Waals surface area contributed by atoms with Gasteiger partial charge in [-0.25, -0.2) is 4.98 Å². The number of phenolic OH excluding ortho intramolecular Hbond substituents is 1. The number of nitro groups is 1. The number of rotatable bonds is 4. The van der Waals surface area contributed by atoms with E-state index >= 15 is 0 Å². The first-order chi connectivity index (χ1) is 16.3. The molecule has 0 aliphatic heterocycles. The topological polar surface area (TPSA) is 124 Å². The lowest BCUT2D eigenvalue weighted by Gasteiger charge is -2.07. The summed E-state index contributed by atoms with van der Waals surface area (Å²) in [5, 5.41) is 26.6. The van der Waals surface area contributed by atoms with Crippen LogP contribution >= 0.6 is 31.9 Å². The first-order valence-electron chi connectivity index (χ1n) is 9.74. The Bertz CT molecular complexity index is 1710. The van der Waals surface area contributed by atoms with Crippen molar-refractivity contribution >= 4 is 65.6 Å². The largest absolute Gasteiger partial charge is 0.501 e. The van der Waals surface area contributed by atoms with Crippen LogP contribution in [0.15, 0.2) is 83.9 Å². The van der Waals surface area contributed by atoms with Crippen molar-refractivity contribution in [2.75, 3.05) is 0 Å². The zero-order valence-corrected chi connectivity index (χ0v) is 20.1. The van der Waals surface area contributed by atoms with Crippen LogP contribution < -0.4 is 5.56 Å². The zero-order chi connectivity index (χ0) is 24.0. The third-order valence-corrected chi connectivity index (χ3v) is 6.13. The highest BCUT2D eigenvalue weighted by Gasteiger charge is 2.19. The highest BCUT2D eigenvalue weighted by atomic mass is 79.9. The molecule has 11 heteroatoms. The minimum absolute atomic E-state index is 0.121. The Morgan fingerprint density at radius 3 is 2.71 bits per heavy atom. The predicted octanol–water partition coefficient (Wildman–Crippen LogP) is 5.83. The summed E-state index contributed by atoms with van der Waals surface area (Å²) in [5.41, 5.74) is 0.428. The van der Waals surface area contributed by atoms with E-state index < -0.39 is 21.9 Å². The second-order valence-electron chi connectivity index (χ2n) is 7.23. The summed E-state index contributed by atoms with van der Waals surface area (Å²) in [6.07, 6.45) is 1.28. The van der Waals surface area contributed by atoms with Crippen molar-refractivity contribution < 1.29 is 14.4 Å². The molecule has 0 unspecified atom stereocenters. The Balaban J connectivity index is 1.72. The van der Waals surface area contributed by atoms with E-state index in [1.54, 1.807) is 36.4 Å². The van der Waals surface area contributed by atoms with Gasteiger partial charge in [-0.3, -0.25) is 14.9 Å². The van der Waals surface area contributed by atoms with Crippen LogP contribution in [0.3, 0.4) is 0 Å². The number of fused-ring (bicyclic) bond motifs is 2. The molecule has 0 atom stereocenters. The molecule has 0 amide bonds. The van der Waals surface area contributed by atoms with E-state index in [9.17, 15) is 20.0 Å². The number of nitro benzene ring substituents is 1. The Morgan fingerprint density at radius 2 is 1.91 bits per heavy atom. The molecule has 34 heavy (non-hydrogen) atoms. The number of hydrogen-bond acceptors (Lipinski definition) is 7. The summed E-state index contributed by atoms with van der Waals surface area (Å²) in [5.74, 6) is -0.00796. The molecule has 168 valence electrons. The van der Waals surface area contributed by atoms with Crippen molar-refractivity contribution in [3.63, 3.8) is 0 Å². The van der Waals surface area contributed by atoms with Gasteiger partial charge < -0.3 is 9.52 Å². The highest BCUT2D eigenvalue weighted by Crippen LogP contribution is 2.34. The van der Waals surface area contributed by atoms with Crippen LogP contribution in [-0.4, -0.2) is 25.9 Å². The number of phenols is 1. The summed E-state index contributed by atoms with van der Waals surface area (Å²) in [6.45, 7) is 0. The average Bonchev–Trinajstić information content (AvgIpc) is 3.23. The third kappa shape index (κ3) is 3.88. The van der Waals surface area contributed by atoms with Crippen molar-refractivity contribution in [3.8, 4) is 17.3 Å². The van der Waals surface area contributed by atoms with Gasteiger partial charge in [-0.15, -0.1) is 0 Å². The smallest absolute Gasteiger partial charge is 0.312 e. The van der Waals surface area contributed by atoms with Crippen LogP contribution in [-0.2, 0) is 0 Å². The van der Waals surface area contributed by atoms with Crippen LogP contribution in [0.4, 0.5) is 5.69 Å². The molecule has 5 aromatic rings. The second-order valence-corrected chi connectivity index (χ2v) is 9.00. The molecule has 0 bridgehead atoms. The van der Waals surface area contributed by atoms with E-state index in [0.29, 0.717) is 22.2 Å². The molecule has 9 nitrogen and oxygen atoms in total. The minimum atomic E-state index is -0.709. The van der Waals surface area contributed by atoms with Gasteiger partial charge in [-0.1, -0.05) is 28.1 Å². The standard InChI is InChI=1S/C23H12Br2N4O5/c24-14-5-6-19-13(9-14)10-20(34-19)22-27-17-4-2-1-3-15(17)23(31)28(22)26-11-12-7-16(25)21(30)18(8-12)29(32)33/h1-11,30H. The number of benzene rings is 3. The lowest BCUT2D eigenvalue weighted by molar-refractivity contribution is -0.386. The van der Waals surface area contributed by atoms with Crippen molar-refractivity contribution in [2.24, 2.45) is 5.10 Å². The van der Waals surface area contributed by atoms with Gasteiger partial charge in [0.15, 0.2) is 5.76 Å². The summed E-state index contributed by atoms with van der Waals surface area (Å²) >= 11 is 6.53. The summed E-state index contributed by atoms with van der Waals surface area (Å²) in [4.78, 5) is 28.5. The van der Waals surface area contributed by atoms with E-state index in [1.165, 1.54) is 12.3 Å². The van der Waals surface area contributed by atoms with E-state index in [2.05, 4.69) is 41.9 Å². The molecule has 0 aliphatic rings. The maximum Gasteiger partial charge on any atom is 0.312 e. The molecule has 1 N–H and O–H groups in total. The number of nitrogens with zero attached hydrogens (tertiary/aromatic N) is 4. The van der Waals surface area contributed by atoms with Crippen molar-refractivity contribution in [1.29, 1.82) is 0 Å². The first kappa shape index (κ1) is 22.0. The van der Waals surface area contributed by atoms with Gasteiger partial charge in [0.1, 0.15) is 5.58 Å². The number of hydrogen-bond donors (Lipinski definition) is 1. The van der Waals surface area contributed by atoms with Gasteiger partial charge in [0, 0.05) is 21.5 Å². The number of aromatic hydroxyl groups is 1. The second kappa shape index (κ2) is 8.50. The Labute approximate surface area is 207 Å². The summed E-state index contributed by atoms with van der Waals surface area (Å²) in [6, 6.07) is 16.7. The van der Waals surface area contributed by atoms with Gasteiger partial charge in [-0.05, 0) is 58.4 Å². The molecule has 0 radical (unpaired) electrons. The molecule has 0 saturated heterocycles. The number of para-hydroxylation sites is 1. The molecule has 2 heterocycles. The Kier molecular flexibility index (Phi) is 5.50. The fourth-order valence-corrected chi connectivity index (χ4v) is 4.30. The molecular formula is C23H12Br2N4O5. The van der Waals surface area contributed by atoms with E-state index in [-0.39, 0.29) is 15.9 Å².